The molecule has 0 aromatic heterocycles. The third kappa shape index (κ3) is 10.7. The highest BCUT2D eigenvalue weighted by Crippen LogP contribution is 2.24. The lowest BCUT2D eigenvalue weighted by Gasteiger charge is -2.16. The molecule has 0 N–H and O–H groups in total. The predicted octanol–water partition coefficient (Wildman–Crippen LogP) is 4.05. The van der Waals surface area contributed by atoms with Crippen molar-refractivity contribution in [2.24, 2.45) is 0 Å². The highest BCUT2D eigenvalue weighted by atomic mass is 32.2. The second-order valence-electron chi connectivity index (χ2n) is 4.01. The largest absolute Gasteiger partial charge is 0.165 e. The molecule has 12 heavy (non-hydrogen) atoms. The molecule has 0 amide bonds. The summed E-state index contributed by atoms with van der Waals surface area (Å²) >= 11 is 4.04. The smallest absolute Gasteiger partial charge is 0.00750 e. The van der Waals surface area contributed by atoms with Crippen LogP contribution in [-0.4, -0.2) is 22.5 Å². The standard InChI is InChI=1S/C10H22S2/c1-10(2,3)12-9-7-5-6-8-11-4/h5-9H2,1-4H3. The molecule has 0 aliphatic heterocycles. The maximum atomic E-state index is 2.29. The van der Waals surface area contributed by atoms with Crippen molar-refractivity contribution in [3.8, 4) is 0 Å². The Morgan fingerprint density at radius 3 is 2.00 bits per heavy atom. The molecule has 0 heterocycles. The first kappa shape index (κ1) is 12.7. The van der Waals surface area contributed by atoms with E-state index in [4.69, 9.17) is 0 Å². The maximum Gasteiger partial charge on any atom is 0.00750 e. The average molecular weight is 206 g/mol. The fraction of sp³-hybridized carbons (Fsp3) is 1.00. The molecule has 0 atom stereocenters. The quantitative estimate of drug-likeness (QED) is 0.601. The molecule has 0 rings (SSSR count). The number of hydrogen-bond donors (Lipinski definition) is 0. The molecule has 0 aromatic rings. The van der Waals surface area contributed by atoms with Crippen molar-refractivity contribution in [2.75, 3.05) is 17.8 Å². The summed E-state index contributed by atoms with van der Waals surface area (Å²) < 4.78 is 0.458. The van der Waals surface area contributed by atoms with Gasteiger partial charge in [-0.1, -0.05) is 27.2 Å². The van der Waals surface area contributed by atoms with Gasteiger partial charge in [-0.3, -0.25) is 0 Å². The van der Waals surface area contributed by atoms with Crippen molar-refractivity contribution in [1.29, 1.82) is 0 Å². The fourth-order valence-electron chi connectivity index (χ4n) is 0.904. The summed E-state index contributed by atoms with van der Waals surface area (Å²) in [6, 6.07) is 0. The molecule has 0 saturated heterocycles. The van der Waals surface area contributed by atoms with Gasteiger partial charge in [0, 0.05) is 4.75 Å². The van der Waals surface area contributed by atoms with Crippen molar-refractivity contribution in [1.82, 2.24) is 0 Å². The van der Waals surface area contributed by atoms with Gasteiger partial charge >= 0.3 is 0 Å². The molecule has 0 aromatic carbocycles. The van der Waals surface area contributed by atoms with Crippen LogP contribution < -0.4 is 0 Å². The molecule has 0 saturated carbocycles. The van der Waals surface area contributed by atoms with Gasteiger partial charge in [-0.25, -0.2) is 0 Å². The second-order valence-corrected chi connectivity index (χ2v) is 6.92. The van der Waals surface area contributed by atoms with E-state index in [9.17, 15) is 0 Å². The summed E-state index contributed by atoms with van der Waals surface area (Å²) in [7, 11) is 0. The van der Waals surface area contributed by atoms with E-state index in [1.54, 1.807) is 0 Å². The zero-order valence-electron chi connectivity index (χ0n) is 8.85. The summed E-state index contributed by atoms with van der Waals surface area (Å²) in [6.07, 6.45) is 6.38. The topological polar surface area (TPSA) is 0 Å². The molecule has 0 spiro atoms. The minimum atomic E-state index is 0.458. The van der Waals surface area contributed by atoms with E-state index >= 15 is 0 Å². The fourth-order valence-corrected chi connectivity index (χ4v) is 2.36. The van der Waals surface area contributed by atoms with Crippen LogP contribution >= 0.6 is 23.5 Å². The lowest BCUT2D eigenvalue weighted by atomic mass is 10.3. The Bertz CT molecular complexity index is 94.5. The molecule has 0 unspecified atom stereocenters. The van der Waals surface area contributed by atoms with Crippen LogP contribution in [0.15, 0.2) is 0 Å². The van der Waals surface area contributed by atoms with Gasteiger partial charge in [0.05, 0.1) is 0 Å². The van der Waals surface area contributed by atoms with E-state index in [2.05, 4.69) is 38.8 Å². The van der Waals surface area contributed by atoms with Gasteiger partial charge < -0.3 is 0 Å². The molecule has 0 aliphatic rings. The Kier molecular flexibility index (Phi) is 7.55. The van der Waals surface area contributed by atoms with E-state index in [0.29, 0.717) is 4.75 Å². The first-order valence-corrected chi connectivity index (χ1v) is 7.07. The van der Waals surface area contributed by atoms with Crippen LogP contribution in [0.2, 0.25) is 0 Å². The van der Waals surface area contributed by atoms with Gasteiger partial charge in [0.25, 0.3) is 0 Å². The second kappa shape index (κ2) is 7.14. The summed E-state index contributed by atoms with van der Waals surface area (Å²) in [5, 5.41) is 0. The van der Waals surface area contributed by atoms with E-state index in [0.717, 1.165) is 0 Å². The monoisotopic (exact) mass is 206 g/mol. The van der Waals surface area contributed by atoms with Crippen LogP contribution in [0, 0.1) is 0 Å². The Labute approximate surface area is 86.3 Å². The van der Waals surface area contributed by atoms with Crippen molar-refractivity contribution in [3.05, 3.63) is 0 Å². The first-order chi connectivity index (χ1) is 5.56. The highest BCUT2D eigenvalue weighted by Gasteiger charge is 2.08. The number of rotatable bonds is 6. The SMILES string of the molecule is CSCCCCCSC(C)(C)C. The van der Waals surface area contributed by atoms with Crippen LogP contribution in [0.5, 0.6) is 0 Å². The highest BCUT2D eigenvalue weighted by molar-refractivity contribution is 8.00. The van der Waals surface area contributed by atoms with Crippen LogP contribution in [0.3, 0.4) is 0 Å². The van der Waals surface area contributed by atoms with Gasteiger partial charge in [0.1, 0.15) is 0 Å². The molecule has 0 bridgehead atoms. The van der Waals surface area contributed by atoms with Gasteiger partial charge in [-0.05, 0) is 30.6 Å². The third-order valence-electron chi connectivity index (χ3n) is 1.53. The van der Waals surface area contributed by atoms with E-state index in [1.807, 2.05) is 11.8 Å². The first-order valence-electron chi connectivity index (χ1n) is 4.69. The summed E-state index contributed by atoms with van der Waals surface area (Å²) in [5.41, 5.74) is 0. The van der Waals surface area contributed by atoms with Gasteiger partial charge in [0.2, 0.25) is 0 Å². The van der Waals surface area contributed by atoms with Crippen LogP contribution in [-0.2, 0) is 0 Å². The van der Waals surface area contributed by atoms with E-state index < -0.39 is 0 Å². The molecule has 2 heteroatoms. The molecular weight excluding hydrogens is 184 g/mol. The maximum absolute atomic E-state index is 2.29. The van der Waals surface area contributed by atoms with Crippen molar-refractivity contribution < 1.29 is 0 Å². The van der Waals surface area contributed by atoms with Gasteiger partial charge in [0.15, 0.2) is 0 Å². The Hall–Kier alpha value is 0.700. The molecule has 0 aliphatic carbocycles. The number of hydrogen-bond acceptors (Lipinski definition) is 2. The zero-order valence-corrected chi connectivity index (χ0v) is 10.5. The van der Waals surface area contributed by atoms with Crippen LogP contribution in [0.1, 0.15) is 40.0 Å². The molecule has 0 nitrogen and oxygen atoms in total. The number of unbranched alkanes of at least 4 members (excludes halogenated alkanes) is 2. The molecule has 0 radical (unpaired) electrons. The molecule has 74 valence electrons. The zero-order chi connectivity index (χ0) is 9.45. The number of thioether (sulfide) groups is 2. The van der Waals surface area contributed by atoms with Crippen LogP contribution in [0.4, 0.5) is 0 Å². The van der Waals surface area contributed by atoms with Crippen molar-refractivity contribution in [2.45, 2.75) is 44.8 Å². The lowest BCUT2D eigenvalue weighted by Crippen LogP contribution is -2.08. The minimum Gasteiger partial charge on any atom is -0.165 e. The van der Waals surface area contributed by atoms with Crippen LogP contribution in [0.25, 0.3) is 0 Å². The van der Waals surface area contributed by atoms with E-state index in [-0.39, 0.29) is 0 Å². The normalized spacial score (nSPS) is 12.0. The van der Waals surface area contributed by atoms with E-state index in [1.165, 1.54) is 30.8 Å². The summed E-state index contributed by atoms with van der Waals surface area (Å²) in [4.78, 5) is 0. The molecular formula is C10H22S2. The van der Waals surface area contributed by atoms with Gasteiger partial charge in [-0.2, -0.15) is 23.5 Å². The van der Waals surface area contributed by atoms with Crippen molar-refractivity contribution >= 4 is 23.5 Å². The Balaban J connectivity index is 3.01. The Morgan fingerprint density at radius 2 is 1.50 bits per heavy atom. The average Bonchev–Trinajstić information content (AvgIpc) is 1.94. The third-order valence-corrected chi connectivity index (χ3v) is 3.58. The molecule has 0 fully saturated rings. The minimum absolute atomic E-state index is 0.458. The Morgan fingerprint density at radius 1 is 0.917 bits per heavy atom. The summed E-state index contributed by atoms with van der Waals surface area (Å²) in [5.74, 6) is 2.66. The van der Waals surface area contributed by atoms with Crippen molar-refractivity contribution in [3.63, 3.8) is 0 Å². The summed E-state index contributed by atoms with van der Waals surface area (Å²) in [6.45, 7) is 6.87. The van der Waals surface area contributed by atoms with Gasteiger partial charge in [-0.15, -0.1) is 0 Å². The predicted molar refractivity (Wildman–Crippen MR) is 64.4 cm³/mol. The lowest BCUT2D eigenvalue weighted by molar-refractivity contribution is 0.767.